The van der Waals surface area contributed by atoms with Gasteiger partial charge in [-0.1, -0.05) is 0 Å². The number of hydrogen-bond donors (Lipinski definition) is 1. The van der Waals surface area contributed by atoms with E-state index in [2.05, 4.69) is 0 Å². The molecule has 3 nitrogen and oxygen atoms in total. The Labute approximate surface area is 84.9 Å². The van der Waals surface area contributed by atoms with Crippen LogP contribution in [0.3, 0.4) is 0 Å². The molecule has 14 heavy (non-hydrogen) atoms. The minimum absolute atomic E-state index is 0.195. The monoisotopic (exact) mass is 197 g/mol. The maximum atomic E-state index is 6.00. The summed E-state index contributed by atoms with van der Waals surface area (Å²) in [5.41, 5.74) is 6.00. The van der Waals surface area contributed by atoms with Gasteiger partial charge in [0.25, 0.3) is 0 Å². The summed E-state index contributed by atoms with van der Waals surface area (Å²) in [5.74, 6) is 1.38. The zero-order valence-corrected chi connectivity index (χ0v) is 8.58. The van der Waals surface area contributed by atoms with Crippen molar-refractivity contribution in [2.75, 3.05) is 13.2 Å². The number of hydrogen-bond acceptors (Lipinski definition) is 3. The molecule has 0 aromatic heterocycles. The number of fused-ring (bicyclic) bond motifs is 1. The summed E-state index contributed by atoms with van der Waals surface area (Å²) in [6, 6.07) is 0.424. The van der Waals surface area contributed by atoms with Gasteiger partial charge >= 0.3 is 0 Å². The zero-order valence-electron chi connectivity index (χ0n) is 8.58. The molecule has 0 amide bonds. The van der Waals surface area contributed by atoms with Crippen molar-refractivity contribution < 1.29 is 9.47 Å². The van der Waals surface area contributed by atoms with Gasteiger partial charge in [0.05, 0.1) is 13.2 Å². The lowest BCUT2D eigenvalue weighted by Crippen LogP contribution is -2.30. The third-order valence-electron chi connectivity index (χ3n) is 4.14. The van der Waals surface area contributed by atoms with Crippen molar-refractivity contribution in [1.29, 1.82) is 0 Å². The molecule has 1 saturated heterocycles. The fraction of sp³-hybridized carbons (Fsp3) is 1.00. The normalized spacial score (nSPS) is 45.6. The smallest absolute Gasteiger partial charge is 0.169 e. The third kappa shape index (κ3) is 1.38. The Balaban J connectivity index is 1.72. The molecule has 3 fully saturated rings. The summed E-state index contributed by atoms with van der Waals surface area (Å²) in [7, 11) is 0. The van der Waals surface area contributed by atoms with Gasteiger partial charge in [0.2, 0.25) is 0 Å². The van der Waals surface area contributed by atoms with Crippen LogP contribution in [0, 0.1) is 11.8 Å². The van der Waals surface area contributed by atoms with Gasteiger partial charge in [-0.05, 0) is 31.1 Å². The van der Waals surface area contributed by atoms with E-state index < -0.39 is 0 Å². The zero-order chi connectivity index (χ0) is 9.60. The summed E-state index contributed by atoms with van der Waals surface area (Å²) in [6.45, 7) is 1.57. The predicted molar refractivity (Wildman–Crippen MR) is 52.7 cm³/mol. The van der Waals surface area contributed by atoms with E-state index in [1.807, 2.05) is 0 Å². The lowest BCUT2D eigenvalue weighted by molar-refractivity contribution is -0.154. The molecule has 0 bridgehead atoms. The van der Waals surface area contributed by atoms with Crippen molar-refractivity contribution in [1.82, 2.24) is 0 Å². The molecule has 1 spiro atoms. The van der Waals surface area contributed by atoms with E-state index in [1.54, 1.807) is 0 Å². The van der Waals surface area contributed by atoms with E-state index in [4.69, 9.17) is 15.2 Å². The number of rotatable bonds is 0. The van der Waals surface area contributed by atoms with Crippen molar-refractivity contribution in [2.24, 2.45) is 17.6 Å². The van der Waals surface area contributed by atoms with Crippen LogP contribution in [0.2, 0.25) is 0 Å². The van der Waals surface area contributed by atoms with Gasteiger partial charge in [0.15, 0.2) is 5.79 Å². The highest BCUT2D eigenvalue weighted by Crippen LogP contribution is 2.50. The summed E-state index contributed by atoms with van der Waals surface area (Å²) in [4.78, 5) is 0. The molecular formula is C11H19NO2. The maximum absolute atomic E-state index is 6.00. The first-order chi connectivity index (χ1) is 6.77. The standard InChI is InChI=1S/C11H19NO2/c12-10-2-1-8-6-11(7-9(8)5-10)13-3-4-14-11/h8-10H,1-7,12H2/t8?,9-,10-/m1/s1. The van der Waals surface area contributed by atoms with Gasteiger partial charge in [0, 0.05) is 18.9 Å². The first-order valence-electron chi connectivity index (χ1n) is 5.81. The first kappa shape index (κ1) is 9.13. The van der Waals surface area contributed by atoms with Crippen LogP contribution < -0.4 is 5.73 Å². The van der Waals surface area contributed by atoms with Crippen LogP contribution in [0.25, 0.3) is 0 Å². The molecule has 1 unspecified atom stereocenters. The Hall–Kier alpha value is -0.120. The summed E-state index contributed by atoms with van der Waals surface area (Å²) in [6.07, 6.45) is 5.85. The molecule has 0 radical (unpaired) electrons. The van der Waals surface area contributed by atoms with Gasteiger partial charge in [-0.2, -0.15) is 0 Å². The van der Waals surface area contributed by atoms with Gasteiger partial charge in [-0.15, -0.1) is 0 Å². The van der Waals surface area contributed by atoms with Crippen LogP contribution in [-0.4, -0.2) is 25.0 Å². The van der Waals surface area contributed by atoms with Crippen molar-refractivity contribution in [3.05, 3.63) is 0 Å². The highest BCUT2D eigenvalue weighted by atomic mass is 16.7. The highest BCUT2D eigenvalue weighted by Gasteiger charge is 2.50. The Morgan fingerprint density at radius 2 is 1.71 bits per heavy atom. The van der Waals surface area contributed by atoms with E-state index in [0.29, 0.717) is 6.04 Å². The fourth-order valence-electron chi connectivity index (χ4n) is 3.50. The highest BCUT2D eigenvalue weighted by molar-refractivity contribution is 4.95. The van der Waals surface area contributed by atoms with E-state index in [9.17, 15) is 0 Å². The number of nitrogens with two attached hydrogens (primary N) is 1. The molecule has 1 aliphatic heterocycles. The minimum Gasteiger partial charge on any atom is -0.348 e. The summed E-state index contributed by atoms with van der Waals surface area (Å²) < 4.78 is 11.5. The summed E-state index contributed by atoms with van der Waals surface area (Å²) >= 11 is 0. The Morgan fingerprint density at radius 3 is 2.50 bits per heavy atom. The molecule has 2 saturated carbocycles. The Morgan fingerprint density at radius 1 is 1.00 bits per heavy atom. The topological polar surface area (TPSA) is 44.5 Å². The Bertz CT molecular complexity index is 225. The van der Waals surface area contributed by atoms with E-state index in [-0.39, 0.29) is 5.79 Å². The third-order valence-corrected chi connectivity index (χ3v) is 4.14. The molecule has 3 heteroatoms. The molecule has 3 aliphatic rings. The quantitative estimate of drug-likeness (QED) is 0.636. The lowest BCUT2D eigenvalue weighted by atomic mass is 9.79. The summed E-state index contributed by atoms with van der Waals surface area (Å²) in [5, 5.41) is 0. The van der Waals surface area contributed by atoms with Crippen LogP contribution >= 0.6 is 0 Å². The lowest BCUT2D eigenvalue weighted by Gasteiger charge is -2.28. The SMILES string of the molecule is N[C@@H]1CCC2CC3(C[C@H]2C1)OCCO3. The molecule has 0 aromatic rings. The predicted octanol–water partition coefficient (Wildman–Crippen LogP) is 1.27. The van der Waals surface area contributed by atoms with Crippen LogP contribution in [0.1, 0.15) is 32.1 Å². The van der Waals surface area contributed by atoms with Crippen LogP contribution in [0.15, 0.2) is 0 Å². The van der Waals surface area contributed by atoms with Crippen LogP contribution in [-0.2, 0) is 9.47 Å². The second kappa shape index (κ2) is 3.19. The molecule has 0 aromatic carbocycles. The first-order valence-corrected chi connectivity index (χ1v) is 5.81. The average molecular weight is 197 g/mol. The largest absolute Gasteiger partial charge is 0.348 e. The molecule has 2 N–H and O–H groups in total. The van der Waals surface area contributed by atoms with Crippen LogP contribution in [0.4, 0.5) is 0 Å². The second-order valence-electron chi connectivity index (χ2n) is 5.11. The molecule has 3 rings (SSSR count). The molecule has 1 heterocycles. The maximum Gasteiger partial charge on any atom is 0.169 e. The van der Waals surface area contributed by atoms with Gasteiger partial charge in [0.1, 0.15) is 0 Å². The van der Waals surface area contributed by atoms with Gasteiger partial charge in [-0.3, -0.25) is 0 Å². The van der Waals surface area contributed by atoms with Crippen LogP contribution in [0.5, 0.6) is 0 Å². The average Bonchev–Trinajstić information content (AvgIpc) is 2.72. The molecular weight excluding hydrogens is 178 g/mol. The Kier molecular flexibility index (Phi) is 2.08. The van der Waals surface area contributed by atoms with Crippen molar-refractivity contribution in [2.45, 2.75) is 43.9 Å². The minimum atomic E-state index is -0.195. The van der Waals surface area contributed by atoms with Gasteiger partial charge < -0.3 is 15.2 Å². The fourth-order valence-corrected chi connectivity index (χ4v) is 3.50. The molecule has 80 valence electrons. The van der Waals surface area contributed by atoms with Crippen molar-refractivity contribution >= 4 is 0 Å². The number of ether oxygens (including phenoxy) is 2. The molecule has 3 atom stereocenters. The van der Waals surface area contributed by atoms with Crippen molar-refractivity contribution in [3.8, 4) is 0 Å². The second-order valence-corrected chi connectivity index (χ2v) is 5.11. The van der Waals surface area contributed by atoms with Gasteiger partial charge in [-0.25, -0.2) is 0 Å². The van der Waals surface area contributed by atoms with Crippen molar-refractivity contribution in [3.63, 3.8) is 0 Å². The van der Waals surface area contributed by atoms with E-state index in [1.165, 1.54) is 19.3 Å². The molecule has 2 aliphatic carbocycles. The van der Waals surface area contributed by atoms with E-state index in [0.717, 1.165) is 37.9 Å². The van der Waals surface area contributed by atoms with E-state index >= 15 is 0 Å².